The van der Waals surface area contributed by atoms with Crippen molar-refractivity contribution < 1.29 is 5.11 Å². The molecule has 1 aromatic carbocycles. The number of rotatable bonds is 6. The minimum atomic E-state index is -0.504. The van der Waals surface area contributed by atoms with E-state index in [1.807, 2.05) is 16.8 Å². The van der Waals surface area contributed by atoms with E-state index in [1.165, 1.54) is 11.3 Å². The lowest BCUT2D eigenvalue weighted by Crippen LogP contribution is -2.12. The molecule has 1 aromatic heterocycles. The standard InChI is InChI=1S/C17H24N2O/c1-4-13-7-9-14(10-8-13)17(20)12-19-16(6-3)11-15(5-2)18-19/h7-11,17,20H,4-6,12H2,1-3H3. The molecule has 0 fully saturated rings. The van der Waals surface area contributed by atoms with Crippen LogP contribution in [-0.4, -0.2) is 14.9 Å². The molecule has 2 aromatic rings. The molecule has 1 N–H and O–H groups in total. The van der Waals surface area contributed by atoms with Crippen LogP contribution < -0.4 is 0 Å². The Morgan fingerprint density at radius 1 is 1.05 bits per heavy atom. The number of aryl methyl sites for hydroxylation is 3. The van der Waals surface area contributed by atoms with Gasteiger partial charge in [-0.15, -0.1) is 0 Å². The van der Waals surface area contributed by atoms with Crippen molar-refractivity contribution in [3.05, 3.63) is 52.8 Å². The Balaban J connectivity index is 2.13. The Kier molecular flexibility index (Phi) is 4.96. The average molecular weight is 272 g/mol. The summed E-state index contributed by atoms with van der Waals surface area (Å²) in [5.41, 5.74) is 4.53. The van der Waals surface area contributed by atoms with Gasteiger partial charge in [-0.05, 0) is 36.5 Å². The predicted molar refractivity (Wildman–Crippen MR) is 81.8 cm³/mol. The van der Waals surface area contributed by atoms with Gasteiger partial charge in [0.05, 0.1) is 18.3 Å². The molecule has 3 nitrogen and oxygen atoms in total. The normalized spacial score (nSPS) is 12.6. The zero-order valence-electron chi connectivity index (χ0n) is 12.6. The van der Waals surface area contributed by atoms with Gasteiger partial charge in [0, 0.05) is 5.69 Å². The van der Waals surface area contributed by atoms with Crippen LogP contribution >= 0.6 is 0 Å². The van der Waals surface area contributed by atoms with Crippen LogP contribution in [0.25, 0.3) is 0 Å². The maximum atomic E-state index is 10.4. The van der Waals surface area contributed by atoms with Crippen molar-refractivity contribution in [2.75, 3.05) is 0 Å². The number of aliphatic hydroxyl groups excluding tert-OH is 1. The number of hydrogen-bond acceptors (Lipinski definition) is 2. The molecule has 3 heteroatoms. The first-order valence-corrected chi connectivity index (χ1v) is 7.50. The first-order chi connectivity index (χ1) is 9.67. The van der Waals surface area contributed by atoms with Crippen LogP contribution in [0, 0.1) is 0 Å². The minimum absolute atomic E-state index is 0.504. The molecule has 0 saturated carbocycles. The van der Waals surface area contributed by atoms with Crippen molar-refractivity contribution in [2.45, 2.75) is 52.7 Å². The number of aromatic nitrogens is 2. The van der Waals surface area contributed by atoms with E-state index in [2.05, 4.69) is 44.1 Å². The summed E-state index contributed by atoms with van der Waals surface area (Å²) in [5.74, 6) is 0. The summed E-state index contributed by atoms with van der Waals surface area (Å²) < 4.78 is 1.94. The molecular weight excluding hydrogens is 248 g/mol. The van der Waals surface area contributed by atoms with Crippen molar-refractivity contribution in [1.82, 2.24) is 9.78 Å². The van der Waals surface area contributed by atoms with Crippen LogP contribution in [0.15, 0.2) is 30.3 Å². The molecule has 1 unspecified atom stereocenters. The Morgan fingerprint density at radius 2 is 1.75 bits per heavy atom. The van der Waals surface area contributed by atoms with E-state index >= 15 is 0 Å². The molecule has 1 atom stereocenters. The van der Waals surface area contributed by atoms with E-state index in [4.69, 9.17) is 0 Å². The van der Waals surface area contributed by atoms with Gasteiger partial charge in [0.25, 0.3) is 0 Å². The molecule has 0 radical (unpaired) electrons. The van der Waals surface area contributed by atoms with Gasteiger partial charge in [-0.25, -0.2) is 0 Å². The summed E-state index contributed by atoms with van der Waals surface area (Å²) in [7, 11) is 0. The van der Waals surface area contributed by atoms with E-state index in [-0.39, 0.29) is 0 Å². The SMILES string of the molecule is CCc1ccc(C(O)Cn2nc(CC)cc2CC)cc1. The van der Waals surface area contributed by atoms with E-state index < -0.39 is 6.10 Å². The Labute approximate surface area is 121 Å². The fraction of sp³-hybridized carbons (Fsp3) is 0.471. The highest BCUT2D eigenvalue weighted by Crippen LogP contribution is 2.18. The lowest BCUT2D eigenvalue weighted by molar-refractivity contribution is 0.150. The highest BCUT2D eigenvalue weighted by molar-refractivity contribution is 5.24. The second-order valence-electron chi connectivity index (χ2n) is 5.13. The zero-order chi connectivity index (χ0) is 14.5. The molecule has 0 aliphatic carbocycles. The monoisotopic (exact) mass is 272 g/mol. The molecule has 0 saturated heterocycles. The summed E-state index contributed by atoms with van der Waals surface area (Å²) in [6.45, 7) is 6.88. The summed E-state index contributed by atoms with van der Waals surface area (Å²) in [4.78, 5) is 0. The highest BCUT2D eigenvalue weighted by atomic mass is 16.3. The largest absolute Gasteiger partial charge is 0.386 e. The lowest BCUT2D eigenvalue weighted by Gasteiger charge is -2.13. The molecule has 0 amide bonds. The Bertz CT molecular complexity index is 543. The summed E-state index contributed by atoms with van der Waals surface area (Å²) in [6, 6.07) is 10.3. The quantitative estimate of drug-likeness (QED) is 0.876. The molecule has 108 valence electrons. The molecule has 0 aliphatic heterocycles. The van der Waals surface area contributed by atoms with Gasteiger partial charge in [-0.1, -0.05) is 45.0 Å². The van der Waals surface area contributed by atoms with E-state index in [0.717, 1.165) is 30.5 Å². The van der Waals surface area contributed by atoms with Crippen LogP contribution in [0.3, 0.4) is 0 Å². The van der Waals surface area contributed by atoms with E-state index in [1.54, 1.807) is 0 Å². The van der Waals surface area contributed by atoms with Crippen molar-refractivity contribution in [3.8, 4) is 0 Å². The maximum Gasteiger partial charge on any atom is 0.0985 e. The van der Waals surface area contributed by atoms with Gasteiger partial charge in [0.1, 0.15) is 0 Å². The molecule has 2 rings (SSSR count). The molecule has 0 bridgehead atoms. The van der Waals surface area contributed by atoms with Gasteiger partial charge >= 0.3 is 0 Å². The fourth-order valence-electron chi connectivity index (χ4n) is 2.38. The smallest absolute Gasteiger partial charge is 0.0985 e. The molecule has 1 heterocycles. The molecule has 20 heavy (non-hydrogen) atoms. The van der Waals surface area contributed by atoms with E-state index in [0.29, 0.717) is 6.54 Å². The van der Waals surface area contributed by atoms with Gasteiger partial charge in [0.15, 0.2) is 0 Å². The van der Waals surface area contributed by atoms with Crippen LogP contribution in [0.5, 0.6) is 0 Å². The lowest BCUT2D eigenvalue weighted by atomic mass is 10.1. The average Bonchev–Trinajstić information content (AvgIpc) is 2.89. The third-order valence-corrected chi connectivity index (χ3v) is 3.76. The van der Waals surface area contributed by atoms with Gasteiger partial charge < -0.3 is 5.11 Å². The molecule has 0 spiro atoms. The van der Waals surface area contributed by atoms with Gasteiger partial charge in [0.2, 0.25) is 0 Å². The van der Waals surface area contributed by atoms with Crippen molar-refractivity contribution in [1.29, 1.82) is 0 Å². The number of nitrogens with zero attached hydrogens (tertiary/aromatic N) is 2. The topological polar surface area (TPSA) is 38.0 Å². The zero-order valence-corrected chi connectivity index (χ0v) is 12.6. The second-order valence-corrected chi connectivity index (χ2v) is 5.13. The first kappa shape index (κ1) is 14.8. The predicted octanol–water partition coefficient (Wildman–Crippen LogP) is 3.30. The van der Waals surface area contributed by atoms with Crippen LogP contribution in [0.2, 0.25) is 0 Å². The van der Waals surface area contributed by atoms with Crippen LogP contribution in [-0.2, 0) is 25.8 Å². The summed E-state index contributed by atoms with van der Waals surface area (Å²) in [6.07, 6.45) is 2.39. The van der Waals surface area contributed by atoms with Crippen molar-refractivity contribution in [3.63, 3.8) is 0 Å². The number of hydrogen-bond donors (Lipinski definition) is 1. The van der Waals surface area contributed by atoms with Gasteiger partial charge in [-0.2, -0.15) is 5.10 Å². The number of benzene rings is 1. The van der Waals surface area contributed by atoms with Crippen molar-refractivity contribution >= 4 is 0 Å². The third-order valence-electron chi connectivity index (χ3n) is 3.76. The minimum Gasteiger partial charge on any atom is -0.386 e. The van der Waals surface area contributed by atoms with Crippen LogP contribution in [0.1, 0.15) is 49.4 Å². The van der Waals surface area contributed by atoms with Crippen LogP contribution in [0.4, 0.5) is 0 Å². The summed E-state index contributed by atoms with van der Waals surface area (Å²) >= 11 is 0. The third kappa shape index (κ3) is 3.28. The second kappa shape index (κ2) is 6.71. The number of aliphatic hydroxyl groups is 1. The first-order valence-electron chi connectivity index (χ1n) is 7.50. The van der Waals surface area contributed by atoms with Gasteiger partial charge in [-0.3, -0.25) is 4.68 Å². The molecular formula is C17H24N2O. The Morgan fingerprint density at radius 3 is 2.30 bits per heavy atom. The summed E-state index contributed by atoms with van der Waals surface area (Å²) in [5, 5.41) is 14.9. The van der Waals surface area contributed by atoms with Crippen molar-refractivity contribution in [2.24, 2.45) is 0 Å². The maximum absolute atomic E-state index is 10.4. The van der Waals surface area contributed by atoms with E-state index in [9.17, 15) is 5.11 Å². The molecule has 0 aliphatic rings. The Hall–Kier alpha value is -1.61. The highest BCUT2D eigenvalue weighted by Gasteiger charge is 2.12. The fourth-order valence-corrected chi connectivity index (χ4v) is 2.38.